The molecule has 12 atom stereocenters. The van der Waals surface area contributed by atoms with Crippen molar-refractivity contribution in [3.63, 3.8) is 0 Å². The van der Waals surface area contributed by atoms with Gasteiger partial charge in [0, 0.05) is 92.4 Å². The average Bonchev–Trinajstić information content (AvgIpc) is 3.16. The van der Waals surface area contributed by atoms with Crippen molar-refractivity contribution >= 4 is 35.8 Å². The van der Waals surface area contributed by atoms with Gasteiger partial charge in [0.2, 0.25) is 0 Å². The van der Waals surface area contributed by atoms with Gasteiger partial charge in [-0.15, -0.1) is 0 Å². The maximum absolute atomic E-state index is 10.9. The van der Waals surface area contributed by atoms with E-state index in [1.54, 1.807) is 0 Å². The molecule has 0 heterocycles. The number of carbonyl (C=O) groups excluding carboxylic acids is 6. The summed E-state index contributed by atoms with van der Waals surface area (Å²) >= 11 is 0. The van der Waals surface area contributed by atoms with Gasteiger partial charge in [-0.2, -0.15) is 0 Å². The van der Waals surface area contributed by atoms with E-state index in [1.807, 2.05) is 125 Å². The number of rotatable bonds is 6. The molecule has 73 heavy (non-hydrogen) atoms. The normalized spacial score (nSPS) is 34.1. The molecule has 0 amide bonds. The maximum atomic E-state index is 10.9. The molecule has 0 N–H and O–H groups in total. The van der Waals surface area contributed by atoms with Gasteiger partial charge in [-0.1, -0.05) is 202 Å². The molecular formula is C60H102MoO12-6. The van der Waals surface area contributed by atoms with Crippen molar-refractivity contribution in [1.29, 1.82) is 0 Å². The molecule has 0 spiro atoms. The molecule has 6 aliphatic carbocycles. The molecule has 6 fully saturated rings. The summed E-state index contributed by atoms with van der Waals surface area (Å²) in [6.45, 7) is 36.5. The van der Waals surface area contributed by atoms with E-state index in [4.69, 9.17) is 0 Å². The van der Waals surface area contributed by atoms with Crippen LogP contribution in [0.5, 0.6) is 0 Å². The number of carboxylic acid groups (broad SMARTS) is 6. The second kappa shape index (κ2) is 29.3. The van der Waals surface area contributed by atoms with E-state index in [0.29, 0.717) is 0 Å². The molecule has 12 unspecified atom stereocenters. The summed E-state index contributed by atoms with van der Waals surface area (Å²) in [4.78, 5) is 65.2. The molecule has 12 nitrogen and oxygen atoms in total. The third kappa shape index (κ3) is 20.8. The molecule has 0 aromatic heterocycles. The standard InChI is InChI=1S/6C10H18O2.Mo/c6*1-7-5-4-6-10(2,3)8(7)9(11)12;/h6*7-8H,4-6H2,1-3H3,(H,11,12);/p-6. The van der Waals surface area contributed by atoms with E-state index in [1.165, 1.54) is 0 Å². The summed E-state index contributed by atoms with van der Waals surface area (Å²) in [6.07, 6.45) is 19.1. The number of carbonyl (C=O) groups is 6. The van der Waals surface area contributed by atoms with Crippen LogP contribution in [0.1, 0.15) is 240 Å². The Morgan fingerprint density at radius 1 is 0.260 bits per heavy atom. The molecule has 13 heteroatoms. The molecule has 0 bridgehead atoms. The predicted octanol–water partition coefficient (Wildman–Crippen LogP) is 7.19. The van der Waals surface area contributed by atoms with Crippen molar-refractivity contribution in [3.05, 3.63) is 0 Å². The molecule has 0 aromatic rings. The van der Waals surface area contributed by atoms with Crippen molar-refractivity contribution < 1.29 is 80.5 Å². The smallest absolute Gasteiger partial charge is 0.0453 e. The molecule has 6 rings (SSSR count). The number of hydrogen-bond donors (Lipinski definition) is 0. The van der Waals surface area contributed by atoms with Crippen LogP contribution in [-0.2, 0) is 49.8 Å². The van der Waals surface area contributed by atoms with Crippen LogP contribution < -0.4 is 30.6 Å². The van der Waals surface area contributed by atoms with Crippen LogP contribution in [-0.4, -0.2) is 35.8 Å². The second-order valence-corrected chi connectivity index (χ2v) is 27.9. The van der Waals surface area contributed by atoms with Crippen molar-refractivity contribution in [2.45, 2.75) is 240 Å². The Bertz CT molecular complexity index is 1440. The fourth-order valence-corrected chi connectivity index (χ4v) is 15.1. The van der Waals surface area contributed by atoms with Gasteiger partial charge >= 0.3 is 0 Å². The van der Waals surface area contributed by atoms with Crippen molar-refractivity contribution in [1.82, 2.24) is 0 Å². The Hall–Kier alpha value is -2.49. The molecular weight excluding hydrogens is 1010 g/mol. The first kappa shape index (κ1) is 70.5. The van der Waals surface area contributed by atoms with Gasteiger partial charge in [-0.3, -0.25) is 0 Å². The summed E-state index contributed by atoms with van der Waals surface area (Å²) in [5.41, 5.74) is -0.437. The van der Waals surface area contributed by atoms with Crippen LogP contribution in [0.15, 0.2) is 0 Å². The summed E-state index contributed by atoms with van der Waals surface area (Å²) in [7, 11) is 0. The molecule has 0 aromatic carbocycles. The van der Waals surface area contributed by atoms with E-state index < -0.39 is 35.8 Å². The number of carboxylic acids is 6. The third-order valence-electron chi connectivity index (χ3n) is 18.9. The van der Waals surface area contributed by atoms with Gasteiger partial charge in [-0.25, -0.2) is 0 Å². The Labute approximate surface area is 457 Å². The Morgan fingerprint density at radius 3 is 0.411 bits per heavy atom. The zero-order valence-electron chi connectivity index (χ0n) is 49.0. The van der Waals surface area contributed by atoms with E-state index in [-0.39, 0.29) is 125 Å². The monoisotopic (exact) mass is 1110 g/mol. The summed E-state index contributed by atoms with van der Waals surface area (Å²) in [5.74, 6) is -5.10. The van der Waals surface area contributed by atoms with Crippen LogP contribution in [0.4, 0.5) is 0 Å². The van der Waals surface area contributed by atoms with Gasteiger partial charge in [-0.05, 0) is 107 Å². The first-order valence-electron chi connectivity index (χ1n) is 27.9. The molecule has 0 saturated heterocycles. The molecule has 0 aliphatic heterocycles. The van der Waals surface area contributed by atoms with Crippen LogP contribution in [0.3, 0.4) is 0 Å². The van der Waals surface area contributed by atoms with E-state index >= 15 is 0 Å². The predicted molar refractivity (Wildman–Crippen MR) is 272 cm³/mol. The van der Waals surface area contributed by atoms with Crippen LogP contribution >= 0.6 is 0 Å². The molecule has 426 valence electrons. The van der Waals surface area contributed by atoms with Crippen molar-refractivity contribution in [2.24, 2.45) is 104 Å². The Balaban J connectivity index is 0.000000850. The molecule has 0 radical (unpaired) electrons. The topological polar surface area (TPSA) is 241 Å². The minimum absolute atomic E-state index is 0. The Kier molecular flexibility index (Phi) is 28.3. The van der Waals surface area contributed by atoms with Crippen LogP contribution in [0.25, 0.3) is 0 Å². The van der Waals surface area contributed by atoms with E-state index in [0.717, 1.165) is 116 Å². The van der Waals surface area contributed by atoms with Crippen molar-refractivity contribution in [3.8, 4) is 0 Å². The summed E-state index contributed by atoms with van der Waals surface area (Å²) in [5, 5.41) is 65.2. The molecule has 6 aliphatic rings. The van der Waals surface area contributed by atoms with Gasteiger partial charge in [0.1, 0.15) is 0 Å². The summed E-state index contributed by atoms with van der Waals surface area (Å²) in [6, 6.07) is 0. The minimum Gasteiger partial charge on any atom is -0.550 e. The maximum Gasteiger partial charge on any atom is 0.0453 e. The zero-order chi connectivity index (χ0) is 56.1. The van der Waals surface area contributed by atoms with Crippen LogP contribution in [0, 0.1) is 104 Å². The number of hydrogen-bond acceptors (Lipinski definition) is 12. The minimum atomic E-state index is -0.868. The zero-order valence-corrected chi connectivity index (χ0v) is 51.0. The quantitative estimate of drug-likeness (QED) is 0.240. The average molecular weight is 1110 g/mol. The third-order valence-corrected chi connectivity index (χ3v) is 18.9. The van der Waals surface area contributed by atoms with Crippen LogP contribution in [0.2, 0.25) is 0 Å². The first-order valence-corrected chi connectivity index (χ1v) is 27.9. The van der Waals surface area contributed by atoms with E-state index in [9.17, 15) is 59.4 Å². The van der Waals surface area contributed by atoms with E-state index in [2.05, 4.69) is 0 Å². The fraction of sp³-hybridized carbons (Fsp3) is 0.900. The molecule has 6 saturated carbocycles. The SMILES string of the molecule is CC1CCCC(C)(C)C1C(=O)[O-].CC1CCCC(C)(C)C1C(=O)[O-].CC1CCCC(C)(C)C1C(=O)[O-].CC1CCCC(C)(C)C1C(=O)[O-].CC1CCCC(C)(C)C1C(=O)[O-].CC1CCCC(C)(C)C1C(=O)[O-].[Mo]. The Morgan fingerprint density at radius 2 is 0.356 bits per heavy atom. The second-order valence-electron chi connectivity index (χ2n) is 27.9. The number of aliphatic carboxylic acids is 6. The van der Waals surface area contributed by atoms with Gasteiger partial charge in [0.15, 0.2) is 0 Å². The van der Waals surface area contributed by atoms with Gasteiger partial charge in [0.05, 0.1) is 0 Å². The van der Waals surface area contributed by atoms with Crippen molar-refractivity contribution in [2.75, 3.05) is 0 Å². The summed E-state index contributed by atoms with van der Waals surface area (Å²) < 4.78 is 0. The first-order chi connectivity index (χ1) is 32.7. The van der Waals surface area contributed by atoms with Gasteiger partial charge < -0.3 is 59.4 Å². The van der Waals surface area contributed by atoms with Gasteiger partial charge in [0.25, 0.3) is 0 Å². The fourth-order valence-electron chi connectivity index (χ4n) is 15.1. The largest absolute Gasteiger partial charge is 0.550 e.